The molecule has 0 aromatic heterocycles. The van der Waals surface area contributed by atoms with Crippen LogP contribution >= 0.6 is 11.6 Å². The molecule has 0 amide bonds. The van der Waals surface area contributed by atoms with E-state index in [-0.39, 0.29) is 16.7 Å². The van der Waals surface area contributed by atoms with Gasteiger partial charge < -0.3 is 9.47 Å². The Bertz CT molecular complexity index is 835. The number of hydrogen-bond donors (Lipinski definition) is 1. The van der Waals surface area contributed by atoms with Crippen LogP contribution in [0, 0.1) is 5.92 Å². The normalized spacial score (nSPS) is 12.8. The van der Waals surface area contributed by atoms with E-state index in [9.17, 15) is 8.42 Å². The molecule has 1 unspecified atom stereocenters. The van der Waals surface area contributed by atoms with Gasteiger partial charge in [-0.2, -0.15) is 0 Å². The number of sulfonamides is 1. The molecule has 7 heteroatoms. The van der Waals surface area contributed by atoms with Crippen LogP contribution in [0.25, 0.3) is 0 Å². The molecule has 0 aliphatic rings. The Morgan fingerprint density at radius 2 is 1.69 bits per heavy atom. The van der Waals surface area contributed by atoms with E-state index in [1.54, 1.807) is 19.2 Å². The molecule has 1 atom stereocenters. The van der Waals surface area contributed by atoms with Crippen molar-refractivity contribution in [3.63, 3.8) is 0 Å². The lowest BCUT2D eigenvalue weighted by molar-refractivity contribution is 0.401. The first-order valence-corrected chi connectivity index (χ1v) is 10.1. The number of halogens is 1. The maximum atomic E-state index is 13.0. The molecule has 2 aromatic rings. The third-order valence-corrected chi connectivity index (χ3v) is 5.67. The highest BCUT2D eigenvalue weighted by Crippen LogP contribution is 2.30. The largest absolute Gasteiger partial charge is 0.497 e. The fraction of sp³-hybridized carbons (Fsp3) is 0.368. The Morgan fingerprint density at radius 3 is 2.23 bits per heavy atom. The van der Waals surface area contributed by atoms with Crippen LogP contribution in [-0.2, 0) is 10.0 Å². The number of benzene rings is 2. The maximum absolute atomic E-state index is 13.0. The Morgan fingerprint density at radius 1 is 1.04 bits per heavy atom. The molecule has 0 saturated carbocycles. The molecule has 0 radical (unpaired) electrons. The number of hydrogen-bond acceptors (Lipinski definition) is 4. The summed E-state index contributed by atoms with van der Waals surface area (Å²) in [6.07, 6.45) is 0.647. The summed E-state index contributed by atoms with van der Waals surface area (Å²) in [6, 6.07) is 11.5. The lowest BCUT2D eigenvalue weighted by atomic mass is 9.98. The molecule has 0 fully saturated rings. The zero-order chi connectivity index (χ0) is 19.3. The van der Waals surface area contributed by atoms with Crippen molar-refractivity contribution in [3.05, 3.63) is 53.1 Å². The molecule has 0 aliphatic carbocycles. The van der Waals surface area contributed by atoms with Gasteiger partial charge in [0.25, 0.3) is 0 Å². The molecular formula is C19H24ClNO4S. The summed E-state index contributed by atoms with van der Waals surface area (Å²) in [5.74, 6) is 1.27. The van der Waals surface area contributed by atoms with E-state index in [1.807, 2.05) is 38.1 Å². The van der Waals surface area contributed by atoms with Crippen LogP contribution in [0.2, 0.25) is 5.02 Å². The van der Waals surface area contributed by atoms with Crippen molar-refractivity contribution in [1.82, 2.24) is 4.72 Å². The van der Waals surface area contributed by atoms with Crippen molar-refractivity contribution in [2.75, 3.05) is 14.2 Å². The zero-order valence-corrected chi connectivity index (χ0v) is 16.9. The summed E-state index contributed by atoms with van der Waals surface area (Å²) in [6.45, 7) is 4.09. The minimum Gasteiger partial charge on any atom is -0.497 e. The highest BCUT2D eigenvalue weighted by atomic mass is 35.5. The van der Waals surface area contributed by atoms with Crippen molar-refractivity contribution in [3.8, 4) is 11.5 Å². The van der Waals surface area contributed by atoms with E-state index in [4.69, 9.17) is 21.1 Å². The molecule has 26 heavy (non-hydrogen) atoms. The van der Waals surface area contributed by atoms with Crippen molar-refractivity contribution >= 4 is 21.6 Å². The molecule has 5 nitrogen and oxygen atoms in total. The number of rotatable bonds is 8. The first kappa shape index (κ1) is 20.6. The third-order valence-electron chi connectivity index (χ3n) is 3.94. The Balaban J connectivity index is 2.39. The van der Waals surface area contributed by atoms with Crippen LogP contribution in [0.4, 0.5) is 0 Å². The van der Waals surface area contributed by atoms with E-state index >= 15 is 0 Å². The monoisotopic (exact) mass is 397 g/mol. The fourth-order valence-electron chi connectivity index (χ4n) is 2.67. The summed E-state index contributed by atoms with van der Waals surface area (Å²) < 4.78 is 39.1. The van der Waals surface area contributed by atoms with Crippen LogP contribution in [0.15, 0.2) is 47.4 Å². The SMILES string of the molecule is COc1ccc(C(CC(C)C)NS(=O)(=O)c2cc(Cl)ccc2OC)cc1. The minimum atomic E-state index is -3.82. The second-order valence-electron chi connectivity index (χ2n) is 6.37. The molecule has 2 aromatic carbocycles. The molecule has 0 bridgehead atoms. The predicted octanol–water partition coefficient (Wildman–Crippen LogP) is 4.42. The molecule has 0 heterocycles. The van der Waals surface area contributed by atoms with Gasteiger partial charge in [-0.25, -0.2) is 13.1 Å². The van der Waals surface area contributed by atoms with Crippen molar-refractivity contribution < 1.29 is 17.9 Å². The van der Waals surface area contributed by atoms with Crippen LogP contribution in [0.3, 0.4) is 0 Å². The molecular weight excluding hydrogens is 374 g/mol. The van der Waals surface area contributed by atoms with Crippen molar-refractivity contribution in [1.29, 1.82) is 0 Å². The van der Waals surface area contributed by atoms with Crippen LogP contribution in [0.1, 0.15) is 31.9 Å². The molecule has 1 N–H and O–H groups in total. The summed E-state index contributed by atoms with van der Waals surface area (Å²) in [5, 5.41) is 0.330. The smallest absolute Gasteiger partial charge is 0.244 e. The quantitative estimate of drug-likeness (QED) is 0.715. The van der Waals surface area contributed by atoms with Crippen LogP contribution < -0.4 is 14.2 Å². The van der Waals surface area contributed by atoms with Gasteiger partial charge in [0.1, 0.15) is 16.4 Å². The van der Waals surface area contributed by atoms with E-state index < -0.39 is 10.0 Å². The average Bonchev–Trinajstić information content (AvgIpc) is 2.60. The van der Waals surface area contributed by atoms with Gasteiger partial charge in [-0.15, -0.1) is 0 Å². The average molecular weight is 398 g/mol. The van der Waals surface area contributed by atoms with Gasteiger partial charge in [0.15, 0.2) is 0 Å². The Labute approximate surface area is 160 Å². The predicted molar refractivity (Wildman–Crippen MR) is 104 cm³/mol. The van der Waals surface area contributed by atoms with Gasteiger partial charge in [-0.3, -0.25) is 0 Å². The topological polar surface area (TPSA) is 64.6 Å². The first-order chi connectivity index (χ1) is 12.3. The number of nitrogens with one attached hydrogen (secondary N) is 1. The zero-order valence-electron chi connectivity index (χ0n) is 15.3. The van der Waals surface area contributed by atoms with E-state index in [0.29, 0.717) is 17.4 Å². The van der Waals surface area contributed by atoms with Gasteiger partial charge in [0.05, 0.1) is 14.2 Å². The van der Waals surface area contributed by atoms with Gasteiger partial charge in [-0.05, 0) is 48.2 Å². The standard InChI is InChI=1S/C19H24ClNO4S/c1-13(2)11-17(14-5-8-16(24-3)9-6-14)21-26(22,23)19-12-15(20)7-10-18(19)25-4/h5-10,12-13,17,21H,11H2,1-4H3. The van der Waals surface area contributed by atoms with E-state index in [1.165, 1.54) is 13.2 Å². The molecule has 2 rings (SSSR count). The second kappa shape index (κ2) is 8.75. The number of ether oxygens (including phenoxy) is 2. The van der Waals surface area contributed by atoms with E-state index in [2.05, 4.69) is 4.72 Å². The lowest BCUT2D eigenvalue weighted by Gasteiger charge is -2.22. The summed E-state index contributed by atoms with van der Waals surface area (Å²) in [5.41, 5.74) is 0.865. The molecule has 0 spiro atoms. The van der Waals surface area contributed by atoms with E-state index in [0.717, 1.165) is 11.3 Å². The summed E-state index contributed by atoms with van der Waals surface area (Å²) >= 11 is 5.99. The molecule has 142 valence electrons. The third kappa shape index (κ3) is 5.13. The van der Waals surface area contributed by atoms with Gasteiger partial charge >= 0.3 is 0 Å². The van der Waals surface area contributed by atoms with Gasteiger partial charge in [0.2, 0.25) is 10.0 Å². The summed E-state index contributed by atoms with van der Waals surface area (Å²) in [4.78, 5) is 0.0229. The first-order valence-electron chi connectivity index (χ1n) is 8.26. The van der Waals surface area contributed by atoms with Crippen molar-refractivity contribution in [2.45, 2.75) is 31.2 Å². The van der Waals surface area contributed by atoms with Gasteiger partial charge in [-0.1, -0.05) is 37.6 Å². The highest BCUT2D eigenvalue weighted by Gasteiger charge is 2.25. The van der Waals surface area contributed by atoms with Crippen LogP contribution in [-0.4, -0.2) is 22.6 Å². The fourth-order valence-corrected chi connectivity index (χ4v) is 4.34. The Hall–Kier alpha value is -1.76. The number of methoxy groups -OCH3 is 2. The minimum absolute atomic E-state index is 0.0229. The van der Waals surface area contributed by atoms with Crippen LogP contribution in [0.5, 0.6) is 11.5 Å². The summed E-state index contributed by atoms with van der Waals surface area (Å²) in [7, 11) is -0.805. The second-order valence-corrected chi connectivity index (χ2v) is 8.49. The lowest BCUT2D eigenvalue weighted by Crippen LogP contribution is -2.30. The highest BCUT2D eigenvalue weighted by molar-refractivity contribution is 7.89. The molecule has 0 saturated heterocycles. The maximum Gasteiger partial charge on any atom is 0.244 e. The molecule has 0 aliphatic heterocycles. The Kier molecular flexibility index (Phi) is 6.92. The van der Waals surface area contributed by atoms with Crippen molar-refractivity contribution in [2.24, 2.45) is 5.92 Å². The van der Waals surface area contributed by atoms with Gasteiger partial charge in [0, 0.05) is 11.1 Å².